The van der Waals surface area contributed by atoms with E-state index in [4.69, 9.17) is 15.4 Å². The van der Waals surface area contributed by atoms with Crippen molar-refractivity contribution >= 4 is 10.1 Å². The second kappa shape index (κ2) is 6.67. The summed E-state index contributed by atoms with van der Waals surface area (Å²) in [5, 5.41) is 8.60. The van der Waals surface area contributed by atoms with Crippen LogP contribution in [0.1, 0.15) is 31.7 Å². The van der Waals surface area contributed by atoms with Gasteiger partial charge in [0.05, 0.1) is 11.5 Å². The van der Waals surface area contributed by atoms with Gasteiger partial charge in [-0.15, -0.1) is 0 Å². The molecule has 0 amide bonds. The summed E-state index contributed by atoms with van der Waals surface area (Å²) in [6.07, 6.45) is 3.57. The molecule has 0 aliphatic heterocycles. The molecule has 4 N–H and O–H groups in total. The Kier molecular flexibility index (Phi) is 5.70. The third-order valence-electron chi connectivity index (χ3n) is 3.41. The van der Waals surface area contributed by atoms with Crippen molar-refractivity contribution in [2.24, 2.45) is 11.1 Å². The van der Waals surface area contributed by atoms with Crippen LogP contribution in [0.4, 0.5) is 0 Å². The highest BCUT2D eigenvalue weighted by atomic mass is 32.2. The van der Waals surface area contributed by atoms with Gasteiger partial charge < -0.3 is 10.8 Å². The van der Waals surface area contributed by atoms with Crippen molar-refractivity contribution < 1.29 is 18.1 Å². The van der Waals surface area contributed by atoms with E-state index < -0.39 is 10.1 Å². The van der Waals surface area contributed by atoms with Crippen molar-refractivity contribution in [2.75, 3.05) is 6.61 Å². The Balaban J connectivity index is 0.000000204. The van der Waals surface area contributed by atoms with Crippen molar-refractivity contribution in [1.29, 1.82) is 0 Å². The van der Waals surface area contributed by atoms with E-state index in [0.717, 1.165) is 12.0 Å². The van der Waals surface area contributed by atoms with Crippen LogP contribution in [0, 0.1) is 12.3 Å². The van der Waals surface area contributed by atoms with Crippen LogP contribution in [0.15, 0.2) is 29.2 Å². The summed E-state index contributed by atoms with van der Waals surface area (Å²) in [5.41, 5.74) is 6.99. The maximum absolute atomic E-state index is 10.5. The van der Waals surface area contributed by atoms with Crippen molar-refractivity contribution in [3.8, 4) is 0 Å². The molecule has 1 aliphatic rings. The molecule has 0 radical (unpaired) electrons. The molecule has 1 aromatic carbocycles. The molecular formula is C14H23NO4S. The van der Waals surface area contributed by atoms with Gasteiger partial charge in [-0.2, -0.15) is 8.42 Å². The van der Waals surface area contributed by atoms with E-state index in [-0.39, 0.29) is 17.5 Å². The van der Waals surface area contributed by atoms with Gasteiger partial charge in [0.2, 0.25) is 0 Å². The topological polar surface area (TPSA) is 101 Å². The number of hydrogen-bond acceptors (Lipinski definition) is 4. The molecular weight excluding hydrogens is 278 g/mol. The first-order chi connectivity index (χ1) is 9.16. The first-order valence-electron chi connectivity index (χ1n) is 6.57. The monoisotopic (exact) mass is 301 g/mol. The number of aryl methyl sites for hydroxylation is 1. The van der Waals surface area contributed by atoms with E-state index in [1.165, 1.54) is 25.0 Å². The molecule has 1 fully saturated rings. The highest BCUT2D eigenvalue weighted by Crippen LogP contribution is 2.48. The van der Waals surface area contributed by atoms with E-state index in [1.807, 2.05) is 6.92 Å². The first-order valence-corrected chi connectivity index (χ1v) is 8.01. The Labute approximate surface area is 120 Å². The number of hydrogen-bond donors (Lipinski definition) is 3. The smallest absolute Gasteiger partial charge is 0.294 e. The fourth-order valence-corrected chi connectivity index (χ4v) is 2.31. The molecule has 1 saturated carbocycles. The lowest BCUT2D eigenvalue weighted by atomic mass is 10.0. The van der Waals surface area contributed by atoms with Gasteiger partial charge >= 0.3 is 0 Å². The van der Waals surface area contributed by atoms with Gasteiger partial charge in [0.15, 0.2) is 0 Å². The molecule has 20 heavy (non-hydrogen) atoms. The van der Waals surface area contributed by atoms with Crippen LogP contribution in [0.25, 0.3) is 0 Å². The van der Waals surface area contributed by atoms with E-state index in [1.54, 1.807) is 12.1 Å². The molecule has 1 aliphatic carbocycles. The summed E-state index contributed by atoms with van der Waals surface area (Å²) in [7, 11) is -4.02. The van der Waals surface area contributed by atoms with Crippen molar-refractivity contribution in [1.82, 2.24) is 0 Å². The summed E-state index contributed by atoms with van der Waals surface area (Å²) in [4.78, 5) is -0.0666. The molecule has 0 saturated heterocycles. The molecule has 0 aromatic heterocycles. The molecule has 2 rings (SSSR count). The second-order valence-corrected chi connectivity index (χ2v) is 7.17. The minimum atomic E-state index is -4.02. The third-order valence-corrected chi connectivity index (χ3v) is 4.28. The van der Waals surface area contributed by atoms with Gasteiger partial charge in [-0.3, -0.25) is 4.55 Å². The molecule has 6 heteroatoms. The predicted molar refractivity (Wildman–Crippen MR) is 78.0 cm³/mol. The number of aliphatic hydroxyl groups is 1. The van der Waals surface area contributed by atoms with Crippen LogP contribution < -0.4 is 5.73 Å². The van der Waals surface area contributed by atoms with Gasteiger partial charge in [0, 0.05) is 6.04 Å². The average Bonchev–Trinajstić information content (AvgIpc) is 3.07. The van der Waals surface area contributed by atoms with Gasteiger partial charge in [-0.05, 0) is 43.7 Å². The van der Waals surface area contributed by atoms with Crippen LogP contribution >= 0.6 is 0 Å². The summed E-state index contributed by atoms with van der Waals surface area (Å²) in [6, 6.07) is 6.00. The van der Waals surface area contributed by atoms with E-state index >= 15 is 0 Å². The largest absolute Gasteiger partial charge is 0.395 e. The molecule has 0 spiro atoms. The van der Waals surface area contributed by atoms with E-state index in [0.29, 0.717) is 5.41 Å². The summed E-state index contributed by atoms with van der Waals surface area (Å²) < 4.78 is 29.6. The fraction of sp³-hybridized carbons (Fsp3) is 0.571. The van der Waals surface area contributed by atoms with Gasteiger partial charge in [0.25, 0.3) is 10.1 Å². The maximum atomic E-state index is 10.5. The minimum absolute atomic E-state index is 0.0116. The standard InChI is InChI=1S/C7H15NO.C7H8O3S/c1-7(2-3-7)4-6(8)5-9;1-6-2-4-7(5-3-6)11(8,9)10/h6,9H,2-5,8H2,1H3;2-5H,1H3,(H,8,9,10)/t6-;/m1./s1. The Morgan fingerprint density at radius 1 is 1.30 bits per heavy atom. The Morgan fingerprint density at radius 2 is 1.80 bits per heavy atom. The van der Waals surface area contributed by atoms with Gasteiger partial charge in [-0.1, -0.05) is 24.6 Å². The zero-order valence-corrected chi connectivity index (χ0v) is 12.7. The molecule has 1 aromatic rings. The fourth-order valence-electron chi connectivity index (χ4n) is 1.83. The number of nitrogens with two attached hydrogens (primary N) is 1. The van der Waals surface area contributed by atoms with Crippen molar-refractivity contribution in [3.05, 3.63) is 29.8 Å². The normalized spacial score (nSPS) is 17.9. The van der Waals surface area contributed by atoms with Crippen LogP contribution in [-0.4, -0.2) is 30.7 Å². The van der Waals surface area contributed by atoms with Crippen LogP contribution in [0.3, 0.4) is 0 Å². The molecule has 1 atom stereocenters. The Bertz CT molecular complexity index is 521. The molecule has 5 nitrogen and oxygen atoms in total. The van der Waals surface area contributed by atoms with Crippen LogP contribution in [0.2, 0.25) is 0 Å². The summed E-state index contributed by atoms with van der Waals surface area (Å²) >= 11 is 0. The summed E-state index contributed by atoms with van der Waals surface area (Å²) in [6.45, 7) is 4.20. The molecule has 0 unspecified atom stereocenters. The van der Waals surface area contributed by atoms with Crippen molar-refractivity contribution in [2.45, 2.75) is 44.0 Å². The van der Waals surface area contributed by atoms with Crippen molar-refractivity contribution in [3.63, 3.8) is 0 Å². The maximum Gasteiger partial charge on any atom is 0.294 e. The van der Waals surface area contributed by atoms with E-state index in [9.17, 15) is 8.42 Å². The number of rotatable bonds is 4. The Morgan fingerprint density at radius 3 is 2.15 bits per heavy atom. The van der Waals surface area contributed by atoms with E-state index in [2.05, 4.69) is 6.92 Å². The zero-order valence-electron chi connectivity index (χ0n) is 11.9. The lowest BCUT2D eigenvalue weighted by Crippen LogP contribution is -2.27. The first kappa shape index (κ1) is 17.1. The average molecular weight is 301 g/mol. The van der Waals surface area contributed by atoms with Gasteiger partial charge in [-0.25, -0.2) is 0 Å². The number of aliphatic hydroxyl groups excluding tert-OH is 1. The lowest BCUT2D eigenvalue weighted by Gasteiger charge is -2.12. The van der Waals surface area contributed by atoms with Crippen LogP contribution in [0.5, 0.6) is 0 Å². The highest BCUT2D eigenvalue weighted by molar-refractivity contribution is 7.85. The number of benzene rings is 1. The third kappa shape index (κ3) is 6.00. The summed E-state index contributed by atoms with van der Waals surface area (Å²) in [5.74, 6) is 0. The molecule has 114 valence electrons. The predicted octanol–water partition coefficient (Wildman–Crippen LogP) is 1.74. The lowest BCUT2D eigenvalue weighted by molar-refractivity contribution is 0.243. The van der Waals surface area contributed by atoms with Gasteiger partial charge in [0.1, 0.15) is 0 Å². The Hall–Kier alpha value is -0.950. The zero-order chi connectivity index (χ0) is 15.4. The SMILES string of the molecule is CC1(C[C@@H](N)CO)CC1.Cc1ccc(S(=O)(=O)O)cc1. The molecule has 0 bridgehead atoms. The van der Waals surface area contributed by atoms with Crippen LogP contribution in [-0.2, 0) is 10.1 Å². The second-order valence-electron chi connectivity index (χ2n) is 5.75. The molecule has 0 heterocycles. The quantitative estimate of drug-likeness (QED) is 0.735. The minimum Gasteiger partial charge on any atom is -0.395 e. The highest BCUT2D eigenvalue weighted by Gasteiger charge is 2.38.